The lowest BCUT2D eigenvalue weighted by molar-refractivity contribution is -0.140. The molecule has 4 nitrogen and oxygen atoms in total. The monoisotopic (exact) mass is 242 g/mol. The summed E-state index contributed by atoms with van der Waals surface area (Å²) in [5.74, 6) is 0.204. The minimum atomic E-state index is -0.218. The highest BCUT2D eigenvalue weighted by Crippen LogP contribution is 2.26. The van der Waals surface area contributed by atoms with E-state index in [0.717, 1.165) is 9.88 Å². The van der Waals surface area contributed by atoms with E-state index in [0.29, 0.717) is 18.8 Å². The van der Waals surface area contributed by atoms with Crippen LogP contribution in [0.15, 0.2) is 6.20 Å². The Morgan fingerprint density at radius 3 is 2.81 bits per heavy atom. The van der Waals surface area contributed by atoms with E-state index in [1.54, 1.807) is 11.3 Å². The van der Waals surface area contributed by atoms with Crippen molar-refractivity contribution in [2.24, 2.45) is 5.73 Å². The van der Waals surface area contributed by atoms with Crippen molar-refractivity contribution >= 4 is 17.3 Å². The molecule has 16 heavy (non-hydrogen) atoms. The standard InChI is InChI=1S/C11H18N2O2S/c1-7(2)11-13-6-9(16-11)8(12)4-5-10(14)15-3/h6-8H,4-5,12H2,1-3H3. The number of methoxy groups -OCH3 is 1. The number of hydrogen-bond acceptors (Lipinski definition) is 5. The van der Waals surface area contributed by atoms with Gasteiger partial charge in [-0.15, -0.1) is 11.3 Å². The molecule has 0 aliphatic heterocycles. The Morgan fingerprint density at radius 1 is 1.62 bits per heavy atom. The highest BCUT2D eigenvalue weighted by atomic mass is 32.1. The fourth-order valence-electron chi connectivity index (χ4n) is 1.26. The lowest BCUT2D eigenvalue weighted by Gasteiger charge is -2.07. The summed E-state index contributed by atoms with van der Waals surface area (Å²) >= 11 is 1.62. The fraction of sp³-hybridized carbons (Fsp3) is 0.636. The van der Waals surface area contributed by atoms with Crippen molar-refractivity contribution in [3.05, 3.63) is 16.1 Å². The molecule has 0 fully saturated rings. The zero-order valence-corrected chi connectivity index (χ0v) is 10.7. The Balaban J connectivity index is 2.52. The van der Waals surface area contributed by atoms with Crippen LogP contribution in [0.1, 0.15) is 48.5 Å². The third kappa shape index (κ3) is 3.57. The molecule has 0 aliphatic carbocycles. The maximum Gasteiger partial charge on any atom is 0.305 e. The van der Waals surface area contributed by atoms with E-state index in [2.05, 4.69) is 23.6 Å². The summed E-state index contributed by atoms with van der Waals surface area (Å²) in [4.78, 5) is 16.3. The molecule has 1 unspecified atom stereocenters. The molecule has 1 rings (SSSR count). The number of rotatable bonds is 5. The van der Waals surface area contributed by atoms with E-state index >= 15 is 0 Å². The lowest BCUT2D eigenvalue weighted by atomic mass is 10.1. The van der Waals surface area contributed by atoms with Crippen molar-refractivity contribution in [3.63, 3.8) is 0 Å². The first-order valence-corrected chi connectivity index (χ1v) is 6.14. The molecule has 0 radical (unpaired) electrons. The second kappa shape index (κ2) is 5.96. The van der Waals surface area contributed by atoms with Crippen molar-refractivity contribution < 1.29 is 9.53 Å². The van der Waals surface area contributed by atoms with Gasteiger partial charge in [0.1, 0.15) is 0 Å². The first-order valence-electron chi connectivity index (χ1n) is 5.32. The van der Waals surface area contributed by atoms with Gasteiger partial charge in [0.15, 0.2) is 0 Å². The summed E-state index contributed by atoms with van der Waals surface area (Å²) in [6.45, 7) is 4.20. The number of esters is 1. The molecule has 0 saturated heterocycles. The molecule has 0 bridgehead atoms. The summed E-state index contributed by atoms with van der Waals surface area (Å²) in [5, 5.41) is 1.09. The number of hydrogen-bond donors (Lipinski definition) is 1. The molecule has 0 aliphatic rings. The van der Waals surface area contributed by atoms with Gasteiger partial charge in [-0.25, -0.2) is 4.98 Å². The zero-order chi connectivity index (χ0) is 12.1. The Bertz CT molecular complexity index is 350. The van der Waals surface area contributed by atoms with Crippen LogP contribution >= 0.6 is 11.3 Å². The number of nitrogens with zero attached hydrogens (tertiary/aromatic N) is 1. The van der Waals surface area contributed by atoms with Crippen LogP contribution in [0.2, 0.25) is 0 Å². The lowest BCUT2D eigenvalue weighted by Crippen LogP contribution is -2.11. The minimum Gasteiger partial charge on any atom is -0.469 e. The predicted molar refractivity (Wildman–Crippen MR) is 64.4 cm³/mol. The van der Waals surface area contributed by atoms with Crippen LogP contribution in [0.4, 0.5) is 0 Å². The number of carbonyl (C=O) groups is 1. The van der Waals surface area contributed by atoms with E-state index in [4.69, 9.17) is 5.73 Å². The van der Waals surface area contributed by atoms with E-state index in [9.17, 15) is 4.79 Å². The molecule has 0 aromatic carbocycles. The maximum atomic E-state index is 11.0. The molecule has 0 spiro atoms. The molecule has 1 aromatic rings. The molecular formula is C11H18N2O2S. The van der Waals surface area contributed by atoms with Gasteiger partial charge in [-0.2, -0.15) is 0 Å². The maximum absolute atomic E-state index is 11.0. The van der Waals surface area contributed by atoms with E-state index in [1.807, 2.05) is 6.20 Å². The average molecular weight is 242 g/mol. The fourth-order valence-corrected chi connectivity index (χ4v) is 2.21. The molecule has 1 heterocycles. The van der Waals surface area contributed by atoms with Gasteiger partial charge in [-0.05, 0) is 6.42 Å². The molecular weight excluding hydrogens is 224 g/mol. The van der Waals surface area contributed by atoms with Gasteiger partial charge in [0, 0.05) is 29.5 Å². The van der Waals surface area contributed by atoms with Crippen LogP contribution in [-0.2, 0) is 9.53 Å². The highest BCUT2D eigenvalue weighted by Gasteiger charge is 2.13. The summed E-state index contributed by atoms with van der Waals surface area (Å²) in [6, 6.07) is -0.121. The second-order valence-electron chi connectivity index (χ2n) is 3.98. The largest absolute Gasteiger partial charge is 0.469 e. The van der Waals surface area contributed by atoms with Crippen LogP contribution < -0.4 is 5.73 Å². The molecule has 0 saturated carbocycles. The quantitative estimate of drug-likeness (QED) is 0.804. The average Bonchev–Trinajstić information content (AvgIpc) is 2.74. The van der Waals surface area contributed by atoms with E-state index < -0.39 is 0 Å². The molecule has 1 aromatic heterocycles. The normalized spacial score (nSPS) is 12.8. The molecule has 2 N–H and O–H groups in total. The molecule has 1 atom stereocenters. The SMILES string of the molecule is COC(=O)CCC(N)c1cnc(C(C)C)s1. The smallest absolute Gasteiger partial charge is 0.305 e. The van der Waals surface area contributed by atoms with Crippen LogP contribution in [0, 0.1) is 0 Å². The summed E-state index contributed by atoms with van der Waals surface area (Å²) in [7, 11) is 1.39. The number of nitrogens with two attached hydrogens (primary N) is 1. The zero-order valence-electron chi connectivity index (χ0n) is 9.90. The van der Waals surface area contributed by atoms with Crippen molar-refractivity contribution in [1.29, 1.82) is 0 Å². The number of aromatic nitrogens is 1. The van der Waals surface area contributed by atoms with Gasteiger partial charge in [-0.3, -0.25) is 4.79 Å². The number of thiazole rings is 1. The van der Waals surface area contributed by atoms with Gasteiger partial charge < -0.3 is 10.5 Å². The van der Waals surface area contributed by atoms with Gasteiger partial charge in [0.25, 0.3) is 0 Å². The van der Waals surface area contributed by atoms with Gasteiger partial charge in [-0.1, -0.05) is 13.8 Å². The number of carbonyl (C=O) groups excluding carboxylic acids is 1. The van der Waals surface area contributed by atoms with Gasteiger partial charge >= 0.3 is 5.97 Å². The third-order valence-corrected chi connectivity index (χ3v) is 3.72. The molecule has 5 heteroatoms. The number of ether oxygens (including phenoxy) is 1. The Morgan fingerprint density at radius 2 is 2.31 bits per heavy atom. The van der Waals surface area contributed by atoms with Crippen molar-refractivity contribution in [1.82, 2.24) is 4.98 Å². The predicted octanol–water partition coefficient (Wildman–Crippen LogP) is 2.22. The van der Waals surface area contributed by atoms with Crippen molar-refractivity contribution in [3.8, 4) is 0 Å². The first kappa shape index (κ1) is 13.1. The second-order valence-corrected chi connectivity index (χ2v) is 5.07. The summed E-state index contributed by atoms with van der Waals surface area (Å²) in [5.41, 5.74) is 5.97. The van der Waals surface area contributed by atoms with Gasteiger partial charge in [0.05, 0.1) is 12.1 Å². The van der Waals surface area contributed by atoms with Crippen LogP contribution in [-0.4, -0.2) is 18.1 Å². The van der Waals surface area contributed by atoms with Crippen molar-refractivity contribution in [2.75, 3.05) is 7.11 Å². The van der Waals surface area contributed by atoms with Crippen LogP contribution in [0.25, 0.3) is 0 Å². The summed E-state index contributed by atoms with van der Waals surface area (Å²) < 4.78 is 4.57. The Kier molecular flexibility index (Phi) is 4.89. The first-order chi connectivity index (χ1) is 7.54. The summed E-state index contributed by atoms with van der Waals surface area (Å²) in [6.07, 6.45) is 2.76. The Hall–Kier alpha value is -0.940. The van der Waals surface area contributed by atoms with E-state index in [-0.39, 0.29) is 12.0 Å². The molecule has 0 amide bonds. The topological polar surface area (TPSA) is 65.2 Å². The minimum absolute atomic E-state index is 0.121. The molecule has 90 valence electrons. The third-order valence-electron chi connectivity index (χ3n) is 2.29. The Labute approximate surface area is 99.8 Å². The van der Waals surface area contributed by atoms with Crippen LogP contribution in [0.5, 0.6) is 0 Å². The van der Waals surface area contributed by atoms with Crippen LogP contribution in [0.3, 0.4) is 0 Å². The van der Waals surface area contributed by atoms with Gasteiger partial charge in [0.2, 0.25) is 0 Å². The van der Waals surface area contributed by atoms with Crippen molar-refractivity contribution in [2.45, 2.75) is 38.6 Å². The van der Waals surface area contributed by atoms with E-state index in [1.165, 1.54) is 7.11 Å². The highest BCUT2D eigenvalue weighted by molar-refractivity contribution is 7.11.